The number of unbranched alkanes of at least 4 members (excludes halogenated alkanes) is 18. The second-order valence-corrected chi connectivity index (χ2v) is 15.0. The van der Waals surface area contributed by atoms with Crippen molar-refractivity contribution in [2.75, 3.05) is 19.6 Å². The van der Waals surface area contributed by atoms with Gasteiger partial charge in [-0.3, -0.25) is 4.79 Å². The number of carbonyl (C=O) groups excluding carboxylic acids is 1. The van der Waals surface area contributed by atoms with E-state index in [-0.39, 0.29) is 0 Å². The molecule has 1 N–H and O–H groups in total. The molecular formula is C46H84N2O. The third-order valence-corrected chi connectivity index (χ3v) is 10.2. The Hall–Kier alpha value is -1.61. The molecule has 0 atom stereocenters. The Bertz CT molecular complexity index is 758. The summed E-state index contributed by atoms with van der Waals surface area (Å²) in [6, 6.07) is 0.374. The van der Waals surface area contributed by atoms with E-state index in [1.165, 1.54) is 174 Å². The zero-order valence-electron chi connectivity index (χ0n) is 33.1. The lowest BCUT2D eigenvalue weighted by molar-refractivity contribution is -0.122. The van der Waals surface area contributed by atoms with Crippen LogP contribution >= 0.6 is 0 Å². The van der Waals surface area contributed by atoms with Crippen LogP contribution in [0.15, 0.2) is 48.6 Å². The number of nitrogens with zero attached hydrogens (tertiary/aromatic N) is 1. The molecule has 0 aromatic heterocycles. The van der Waals surface area contributed by atoms with Crippen LogP contribution < -0.4 is 5.32 Å². The fraction of sp³-hybridized carbons (Fsp3) is 0.804. The molecule has 0 spiro atoms. The number of piperidine rings is 1. The molecule has 0 radical (unpaired) electrons. The predicted octanol–water partition coefficient (Wildman–Crippen LogP) is 14.1. The van der Waals surface area contributed by atoms with Gasteiger partial charge in [0.15, 0.2) is 0 Å². The number of hydrogen-bond acceptors (Lipinski definition) is 2. The Morgan fingerprint density at radius 2 is 0.918 bits per heavy atom. The summed E-state index contributed by atoms with van der Waals surface area (Å²) < 4.78 is 0. The first-order valence-electron chi connectivity index (χ1n) is 21.9. The molecule has 0 aromatic rings. The van der Waals surface area contributed by atoms with E-state index in [0.29, 0.717) is 18.4 Å². The Morgan fingerprint density at radius 3 is 1.37 bits per heavy atom. The van der Waals surface area contributed by atoms with E-state index in [1.807, 2.05) is 0 Å². The fourth-order valence-electron chi connectivity index (χ4n) is 6.99. The highest BCUT2D eigenvalue weighted by atomic mass is 16.1. The van der Waals surface area contributed by atoms with Gasteiger partial charge in [-0.2, -0.15) is 0 Å². The lowest BCUT2D eigenvalue weighted by Gasteiger charge is -2.26. The molecule has 1 fully saturated rings. The minimum absolute atomic E-state index is 0.294. The molecule has 3 heteroatoms. The molecule has 0 aromatic carbocycles. The highest BCUT2D eigenvalue weighted by molar-refractivity contribution is 5.76. The summed E-state index contributed by atoms with van der Waals surface area (Å²) in [7, 11) is 0. The van der Waals surface area contributed by atoms with Gasteiger partial charge in [-0.25, -0.2) is 0 Å². The van der Waals surface area contributed by atoms with E-state index in [9.17, 15) is 4.79 Å². The van der Waals surface area contributed by atoms with Gasteiger partial charge in [-0.15, -0.1) is 0 Å². The predicted molar refractivity (Wildman–Crippen MR) is 219 cm³/mol. The van der Waals surface area contributed by atoms with Gasteiger partial charge in [0.2, 0.25) is 5.91 Å². The zero-order valence-corrected chi connectivity index (χ0v) is 33.1. The number of amides is 1. The lowest BCUT2D eigenvalue weighted by atomic mass is 9.99. The largest absolute Gasteiger partial charge is 0.353 e. The third-order valence-electron chi connectivity index (χ3n) is 10.2. The van der Waals surface area contributed by atoms with E-state index in [4.69, 9.17) is 0 Å². The van der Waals surface area contributed by atoms with Gasteiger partial charge < -0.3 is 10.2 Å². The number of hydrogen-bond donors (Lipinski definition) is 1. The van der Waals surface area contributed by atoms with Gasteiger partial charge in [0.05, 0.1) is 0 Å². The Labute approximate surface area is 307 Å². The SMILES string of the molecule is CCCCC/C=C\C/C=C\CCCCCCCCC(CCCCCCCC/C=C\C/C=C\CCCCC)NC(=O)CCCN1CCCCC1. The second-order valence-electron chi connectivity index (χ2n) is 15.0. The monoisotopic (exact) mass is 681 g/mol. The first-order chi connectivity index (χ1) is 24.3. The van der Waals surface area contributed by atoms with Crippen molar-refractivity contribution in [1.82, 2.24) is 10.2 Å². The number of rotatable bonds is 35. The summed E-state index contributed by atoms with van der Waals surface area (Å²) >= 11 is 0. The molecule has 1 heterocycles. The minimum Gasteiger partial charge on any atom is -0.353 e. The van der Waals surface area contributed by atoms with E-state index in [0.717, 1.165) is 38.6 Å². The topological polar surface area (TPSA) is 32.3 Å². The molecule has 1 aliphatic rings. The Balaban J connectivity index is 2.17. The zero-order chi connectivity index (χ0) is 35.1. The summed E-state index contributed by atoms with van der Waals surface area (Å²) in [4.78, 5) is 15.4. The molecular weight excluding hydrogens is 597 g/mol. The maximum absolute atomic E-state index is 12.9. The van der Waals surface area contributed by atoms with Crippen molar-refractivity contribution in [3.8, 4) is 0 Å². The quantitative estimate of drug-likeness (QED) is 0.0534. The highest BCUT2D eigenvalue weighted by Gasteiger charge is 2.14. The standard InChI is InChI=1S/C46H84N2O/c1-3-5-7-9-11-13-15-17-19-21-23-25-27-29-31-34-39-45(47-46(49)41-38-44-48-42-36-33-37-43-48)40-35-32-30-28-26-24-22-20-18-16-14-12-10-8-6-4-2/h11-14,17-20,45H,3-10,15-16,21-44H2,1-2H3,(H,47,49)/b13-11-,14-12-,19-17-,20-18-. The summed E-state index contributed by atoms with van der Waals surface area (Å²) in [5, 5.41) is 3.48. The molecule has 1 amide bonds. The smallest absolute Gasteiger partial charge is 0.220 e. The van der Waals surface area contributed by atoms with Crippen molar-refractivity contribution in [3.63, 3.8) is 0 Å². The van der Waals surface area contributed by atoms with Crippen molar-refractivity contribution in [2.24, 2.45) is 0 Å². The van der Waals surface area contributed by atoms with Gasteiger partial charge >= 0.3 is 0 Å². The van der Waals surface area contributed by atoms with E-state index >= 15 is 0 Å². The molecule has 284 valence electrons. The number of likely N-dealkylation sites (tertiary alicyclic amines) is 1. The molecule has 0 bridgehead atoms. The van der Waals surface area contributed by atoms with Gasteiger partial charge in [0.25, 0.3) is 0 Å². The van der Waals surface area contributed by atoms with Crippen LogP contribution in [-0.2, 0) is 4.79 Å². The summed E-state index contributed by atoms with van der Waals surface area (Å²) in [5.41, 5.74) is 0. The maximum atomic E-state index is 12.9. The molecule has 3 nitrogen and oxygen atoms in total. The lowest BCUT2D eigenvalue weighted by Crippen LogP contribution is -2.36. The molecule has 1 aliphatic heterocycles. The van der Waals surface area contributed by atoms with Crippen LogP contribution in [0.4, 0.5) is 0 Å². The van der Waals surface area contributed by atoms with Gasteiger partial charge in [0, 0.05) is 12.5 Å². The van der Waals surface area contributed by atoms with Crippen LogP contribution in [0.25, 0.3) is 0 Å². The average Bonchev–Trinajstić information content (AvgIpc) is 3.11. The van der Waals surface area contributed by atoms with E-state index < -0.39 is 0 Å². The van der Waals surface area contributed by atoms with Crippen LogP contribution in [-0.4, -0.2) is 36.5 Å². The molecule has 1 rings (SSSR count). The first-order valence-corrected chi connectivity index (χ1v) is 21.9. The number of allylic oxidation sites excluding steroid dienone is 8. The third kappa shape index (κ3) is 33.3. The van der Waals surface area contributed by atoms with E-state index in [1.54, 1.807) is 0 Å². The molecule has 0 unspecified atom stereocenters. The van der Waals surface area contributed by atoms with Crippen LogP contribution in [0.2, 0.25) is 0 Å². The molecule has 49 heavy (non-hydrogen) atoms. The number of nitrogens with one attached hydrogen (secondary N) is 1. The van der Waals surface area contributed by atoms with Crippen molar-refractivity contribution >= 4 is 5.91 Å². The second kappa shape index (κ2) is 37.6. The highest BCUT2D eigenvalue weighted by Crippen LogP contribution is 2.16. The van der Waals surface area contributed by atoms with Crippen molar-refractivity contribution in [2.45, 2.75) is 219 Å². The van der Waals surface area contributed by atoms with Crippen LogP contribution in [0.1, 0.15) is 213 Å². The Morgan fingerprint density at radius 1 is 0.510 bits per heavy atom. The van der Waals surface area contributed by atoms with Crippen LogP contribution in [0, 0.1) is 0 Å². The summed E-state index contributed by atoms with van der Waals surface area (Å²) in [6.45, 7) is 8.08. The fourth-order valence-corrected chi connectivity index (χ4v) is 6.99. The maximum Gasteiger partial charge on any atom is 0.220 e. The summed E-state index contributed by atoms with van der Waals surface area (Å²) in [6.07, 6.45) is 57.8. The van der Waals surface area contributed by atoms with Crippen LogP contribution in [0.5, 0.6) is 0 Å². The van der Waals surface area contributed by atoms with Gasteiger partial charge in [0.1, 0.15) is 0 Å². The van der Waals surface area contributed by atoms with Gasteiger partial charge in [-0.05, 0) is 116 Å². The van der Waals surface area contributed by atoms with Crippen LogP contribution in [0.3, 0.4) is 0 Å². The van der Waals surface area contributed by atoms with E-state index in [2.05, 4.69) is 72.7 Å². The summed E-state index contributed by atoms with van der Waals surface area (Å²) in [5.74, 6) is 0.294. The normalized spacial score (nSPS) is 14.5. The number of carbonyl (C=O) groups is 1. The van der Waals surface area contributed by atoms with Crippen molar-refractivity contribution < 1.29 is 4.79 Å². The molecule has 0 aliphatic carbocycles. The van der Waals surface area contributed by atoms with Crippen molar-refractivity contribution in [1.29, 1.82) is 0 Å². The molecule has 0 saturated carbocycles. The average molecular weight is 681 g/mol. The first kappa shape index (κ1) is 45.4. The molecule has 1 saturated heterocycles. The minimum atomic E-state index is 0.294. The Kier molecular flexibility index (Phi) is 34.9. The van der Waals surface area contributed by atoms with Crippen molar-refractivity contribution in [3.05, 3.63) is 48.6 Å². The van der Waals surface area contributed by atoms with Gasteiger partial charge in [-0.1, -0.05) is 159 Å².